The second kappa shape index (κ2) is 6.02. The van der Waals surface area contributed by atoms with Gasteiger partial charge in [-0.1, -0.05) is 19.8 Å². The molecular weight excluding hydrogens is 282 g/mol. The molecule has 0 spiro atoms. The Hall–Kier alpha value is -1.62. The summed E-state index contributed by atoms with van der Waals surface area (Å²) in [5.74, 6) is 0.566. The van der Waals surface area contributed by atoms with E-state index in [-0.39, 0.29) is 6.03 Å². The molecule has 1 heterocycles. The highest BCUT2D eigenvalue weighted by molar-refractivity contribution is 7.18. The molecule has 1 aromatic carbocycles. The highest BCUT2D eigenvalue weighted by atomic mass is 32.1. The molecule has 0 saturated heterocycles. The number of hydrogen-bond acceptors (Lipinski definition) is 3. The van der Waals surface area contributed by atoms with Crippen LogP contribution in [0.5, 0.6) is 0 Å². The van der Waals surface area contributed by atoms with E-state index in [2.05, 4.69) is 22.5 Å². The molecule has 4 nitrogen and oxygen atoms in total. The Kier molecular flexibility index (Phi) is 4.10. The largest absolute Gasteiger partial charge is 0.335 e. The number of urea groups is 1. The van der Waals surface area contributed by atoms with Gasteiger partial charge in [0.1, 0.15) is 0 Å². The van der Waals surface area contributed by atoms with Crippen molar-refractivity contribution in [2.45, 2.75) is 45.6 Å². The lowest BCUT2D eigenvalue weighted by atomic mass is 9.86. The molecule has 0 bridgehead atoms. The predicted molar refractivity (Wildman–Crippen MR) is 87.9 cm³/mol. The van der Waals surface area contributed by atoms with Crippen molar-refractivity contribution in [2.24, 2.45) is 5.92 Å². The number of anilines is 1. The molecule has 2 N–H and O–H groups in total. The third kappa shape index (κ3) is 3.35. The topological polar surface area (TPSA) is 54.0 Å². The summed E-state index contributed by atoms with van der Waals surface area (Å²) in [5.41, 5.74) is 1.82. The minimum absolute atomic E-state index is 0.102. The van der Waals surface area contributed by atoms with Gasteiger partial charge >= 0.3 is 6.03 Å². The minimum Gasteiger partial charge on any atom is -0.335 e. The number of benzene rings is 1. The van der Waals surface area contributed by atoms with E-state index in [1.807, 2.05) is 25.1 Å². The van der Waals surface area contributed by atoms with Crippen molar-refractivity contribution in [2.75, 3.05) is 5.32 Å². The van der Waals surface area contributed by atoms with Crippen molar-refractivity contribution in [1.82, 2.24) is 10.3 Å². The van der Waals surface area contributed by atoms with Crippen LogP contribution in [-0.2, 0) is 0 Å². The molecule has 0 radical (unpaired) electrons. The number of carbonyl (C=O) groups excluding carboxylic acids is 1. The zero-order chi connectivity index (χ0) is 14.8. The monoisotopic (exact) mass is 303 g/mol. The molecule has 0 aliphatic heterocycles. The Labute approximate surface area is 129 Å². The summed E-state index contributed by atoms with van der Waals surface area (Å²) in [6.45, 7) is 4.21. The van der Waals surface area contributed by atoms with Crippen LogP contribution in [0.25, 0.3) is 10.2 Å². The Morgan fingerprint density at radius 1 is 1.33 bits per heavy atom. The fourth-order valence-corrected chi connectivity index (χ4v) is 3.85. The molecule has 1 fully saturated rings. The molecule has 5 heteroatoms. The molecule has 1 aromatic heterocycles. The quantitative estimate of drug-likeness (QED) is 0.869. The normalized spacial score (nSPS) is 22.2. The van der Waals surface area contributed by atoms with Crippen molar-refractivity contribution < 1.29 is 4.79 Å². The number of fused-ring (bicyclic) bond motifs is 1. The first-order chi connectivity index (χ1) is 10.1. The van der Waals surface area contributed by atoms with Gasteiger partial charge in [0.2, 0.25) is 0 Å². The number of thiazole rings is 1. The SMILES string of the molecule is Cc1nc2ccc(NC(=O)NC3CCCCC3C)cc2s1. The maximum atomic E-state index is 12.1. The molecule has 21 heavy (non-hydrogen) atoms. The number of carbonyl (C=O) groups is 1. The molecule has 2 amide bonds. The summed E-state index contributed by atoms with van der Waals surface area (Å²) in [7, 11) is 0. The predicted octanol–water partition coefficient (Wildman–Crippen LogP) is 4.30. The van der Waals surface area contributed by atoms with Crippen molar-refractivity contribution in [3.8, 4) is 0 Å². The molecular formula is C16H21N3OS. The van der Waals surface area contributed by atoms with Crippen LogP contribution in [0, 0.1) is 12.8 Å². The number of amides is 2. The molecule has 2 unspecified atom stereocenters. The summed E-state index contributed by atoms with van der Waals surface area (Å²) < 4.78 is 1.11. The van der Waals surface area contributed by atoms with Gasteiger partial charge in [-0.3, -0.25) is 0 Å². The van der Waals surface area contributed by atoms with Gasteiger partial charge in [0.25, 0.3) is 0 Å². The van der Waals surface area contributed by atoms with Gasteiger partial charge in [-0.15, -0.1) is 11.3 Å². The van der Waals surface area contributed by atoms with Gasteiger partial charge in [0, 0.05) is 11.7 Å². The Balaban J connectivity index is 1.65. The minimum atomic E-state index is -0.102. The van der Waals surface area contributed by atoms with E-state index in [9.17, 15) is 4.79 Å². The summed E-state index contributed by atoms with van der Waals surface area (Å²) in [6.07, 6.45) is 4.78. The van der Waals surface area contributed by atoms with Crippen LogP contribution >= 0.6 is 11.3 Å². The summed E-state index contributed by atoms with van der Waals surface area (Å²) in [4.78, 5) is 16.6. The Morgan fingerprint density at radius 2 is 2.14 bits per heavy atom. The average Bonchev–Trinajstić information content (AvgIpc) is 2.80. The van der Waals surface area contributed by atoms with Crippen LogP contribution in [0.1, 0.15) is 37.6 Å². The van der Waals surface area contributed by atoms with Crippen LogP contribution < -0.4 is 10.6 Å². The number of nitrogens with one attached hydrogen (secondary N) is 2. The molecule has 1 saturated carbocycles. The zero-order valence-electron chi connectivity index (χ0n) is 12.5. The van der Waals surface area contributed by atoms with E-state index in [4.69, 9.17) is 0 Å². The highest BCUT2D eigenvalue weighted by Crippen LogP contribution is 2.26. The smallest absolute Gasteiger partial charge is 0.319 e. The van der Waals surface area contributed by atoms with E-state index in [1.165, 1.54) is 19.3 Å². The first-order valence-corrected chi connectivity index (χ1v) is 8.38. The molecule has 1 aliphatic carbocycles. The van der Waals surface area contributed by atoms with Crippen molar-refractivity contribution >= 4 is 33.3 Å². The van der Waals surface area contributed by atoms with E-state index < -0.39 is 0 Å². The lowest BCUT2D eigenvalue weighted by molar-refractivity contribution is 0.232. The Bertz CT molecular complexity index is 652. The standard InChI is InChI=1S/C16H21N3OS/c1-10-5-3-4-6-13(10)19-16(20)18-12-7-8-14-15(9-12)21-11(2)17-14/h7-10,13H,3-6H2,1-2H3,(H2,18,19,20). The highest BCUT2D eigenvalue weighted by Gasteiger charge is 2.22. The summed E-state index contributed by atoms with van der Waals surface area (Å²) >= 11 is 1.65. The fraction of sp³-hybridized carbons (Fsp3) is 0.500. The maximum absolute atomic E-state index is 12.1. The van der Waals surface area contributed by atoms with Gasteiger partial charge in [0.15, 0.2) is 0 Å². The Morgan fingerprint density at radius 3 is 2.95 bits per heavy atom. The second-order valence-corrected chi connectivity index (χ2v) is 7.12. The number of rotatable bonds is 2. The third-order valence-electron chi connectivity index (χ3n) is 4.18. The lowest BCUT2D eigenvalue weighted by Crippen LogP contribution is -2.43. The number of nitrogens with zero attached hydrogens (tertiary/aromatic N) is 1. The first-order valence-electron chi connectivity index (χ1n) is 7.56. The maximum Gasteiger partial charge on any atom is 0.319 e. The number of aromatic nitrogens is 1. The summed E-state index contributed by atoms with van der Waals surface area (Å²) in [6, 6.07) is 6.05. The fourth-order valence-electron chi connectivity index (χ4n) is 2.98. The van der Waals surface area contributed by atoms with E-state index in [0.717, 1.165) is 27.3 Å². The van der Waals surface area contributed by atoms with Gasteiger partial charge in [-0.25, -0.2) is 9.78 Å². The van der Waals surface area contributed by atoms with Crippen LogP contribution in [0.4, 0.5) is 10.5 Å². The van der Waals surface area contributed by atoms with Gasteiger partial charge in [0.05, 0.1) is 15.2 Å². The van der Waals surface area contributed by atoms with E-state index in [0.29, 0.717) is 12.0 Å². The van der Waals surface area contributed by atoms with Crippen molar-refractivity contribution in [1.29, 1.82) is 0 Å². The third-order valence-corrected chi connectivity index (χ3v) is 5.11. The van der Waals surface area contributed by atoms with Gasteiger partial charge in [-0.05, 0) is 43.9 Å². The molecule has 2 atom stereocenters. The first kappa shape index (κ1) is 14.3. The van der Waals surface area contributed by atoms with Crippen LogP contribution in [0.15, 0.2) is 18.2 Å². The number of aryl methyl sites for hydroxylation is 1. The van der Waals surface area contributed by atoms with Crippen molar-refractivity contribution in [3.05, 3.63) is 23.2 Å². The van der Waals surface area contributed by atoms with Gasteiger partial charge < -0.3 is 10.6 Å². The van der Waals surface area contributed by atoms with Crippen LogP contribution in [-0.4, -0.2) is 17.1 Å². The molecule has 3 rings (SSSR count). The van der Waals surface area contributed by atoms with E-state index >= 15 is 0 Å². The molecule has 112 valence electrons. The second-order valence-electron chi connectivity index (χ2n) is 5.88. The van der Waals surface area contributed by atoms with Crippen molar-refractivity contribution in [3.63, 3.8) is 0 Å². The average molecular weight is 303 g/mol. The summed E-state index contributed by atoms with van der Waals surface area (Å²) in [5, 5.41) is 7.09. The molecule has 2 aromatic rings. The van der Waals surface area contributed by atoms with Crippen LogP contribution in [0.3, 0.4) is 0 Å². The molecule has 1 aliphatic rings. The zero-order valence-corrected chi connectivity index (χ0v) is 13.3. The van der Waals surface area contributed by atoms with Gasteiger partial charge in [-0.2, -0.15) is 0 Å². The number of hydrogen-bond donors (Lipinski definition) is 2. The van der Waals surface area contributed by atoms with E-state index in [1.54, 1.807) is 11.3 Å². The van der Waals surface area contributed by atoms with Crippen LogP contribution in [0.2, 0.25) is 0 Å². The lowest BCUT2D eigenvalue weighted by Gasteiger charge is -2.29.